The van der Waals surface area contributed by atoms with Gasteiger partial charge < -0.3 is 15.7 Å². The monoisotopic (exact) mass is 328 g/mol. The van der Waals surface area contributed by atoms with Gasteiger partial charge in [-0.05, 0) is 24.1 Å². The zero-order valence-electron chi connectivity index (χ0n) is 12.7. The Morgan fingerprint density at radius 2 is 1.91 bits per heavy atom. The van der Waals surface area contributed by atoms with Crippen molar-refractivity contribution >= 4 is 23.5 Å². The quantitative estimate of drug-likeness (QED) is 0.713. The molecule has 23 heavy (non-hydrogen) atoms. The van der Waals surface area contributed by atoms with E-state index in [4.69, 9.17) is 5.11 Å². The van der Waals surface area contributed by atoms with Gasteiger partial charge in [-0.2, -0.15) is 0 Å². The van der Waals surface area contributed by atoms with Gasteiger partial charge in [0.05, 0.1) is 5.69 Å². The fourth-order valence-corrected chi connectivity index (χ4v) is 1.74. The van der Waals surface area contributed by atoms with Gasteiger partial charge in [-0.3, -0.25) is 9.59 Å². The minimum absolute atomic E-state index is 0.0903. The number of anilines is 1. The molecule has 1 rings (SSSR count). The van der Waals surface area contributed by atoms with Crippen molar-refractivity contribution in [2.45, 2.75) is 26.3 Å². The van der Waals surface area contributed by atoms with Crippen LogP contribution in [0.2, 0.25) is 0 Å². The van der Waals surface area contributed by atoms with Crippen molar-refractivity contribution in [3.63, 3.8) is 0 Å². The number of benzene rings is 1. The Labute approximate surface area is 131 Å². The first-order valence-corrected chi connectivity index (χ1v) is 6.93. The smallest absolute Gasteiger partial charge is 0.328 e. The summed E-state index contributed by atoms with van der Waals surface area (Å²) >= 11 is 0. The molecule has 1 aromatic rings. The van der Waals surface area contributed by atoms with Crippen LogP contribution in [-0.2, 0) is 9.59 Å². The number of rotatable bonds is 7. The number of aliphatic carboxylic acids is 1. The summed E-state index contributed by atoms with van der Waals surface area (Å²) in [4.78, 5) is 34.0. The Balaban J connectivity index is 2.81. The summed E-state index contributed by atoms with van der Waals surface area (Å²) in [5, 5.41) is 13.0. The van der Waals surface area contributed by atoms with Gasteiger partial charge in [0.15, 0.2) is 6.04 Å². The fourth-order valence-electron chi connectivity index (χ4n) is 1.74. The molecule has 3 N–H and O–H groups in total. The average molecular weight is 328 g/mol. The summed E-state index contributed by atoms with van der Waals surface area (Å²) in [6.07, 6.45) is 0.221. The van der Waals surface area contributed by atoms with E-state index in [9.17, 15) is 23.2 Å². The van der Waals surface area contributed by atoms with Gasteiger partial charge in [-0.1, -0.05) is 13.8 Å². The third kappa shape index (κ3) is 5.65. The number of carbonyl (C=O) groups excluding carboxylic acids is 2. The minimum atomic E-state index is -1.70. The highest BCUT2D eigenvalue weighted by atomic mass is 19.1. The maximum atomic E-state index is 13.9. The molecule has 0 fully saturated rings. The van der Waals surface area contributed by atoms with Crippen LogP contribution in [0.1, 0.15) is 30.6 Å². The lowest BCUT2D eigenvalue weighted by molar-refractivity contribution is -0.139. The highest BCUT2D eigenvalue weighted by Crippen LogP contribution is 2.17. The van der Waals surface area contributed by atoms with Gasteiger partial charge >= 0.3 is 5.97 Å². The number of alkyl halides is 1. The van der Waals surface area contributed by atoms with Crippen LogP contribution in [0.15, 0.2) is 18.2 Å². The molecule has 1 aromatic carbocycles. The number of carboxylic acid groups (broad SMARTS) is 1. The van der Waals surface area contributed by atoms with E-state index in [0.717, 1.165) is 6.07 Å². The van der Waals surface area contributed by atoms with E-state index in [0.29, 0.717) is 0 Å². The summed E-state index contributed by atoms with van der Waals surface area (Å²) in [6.45, 7) is 2.40. The zero-order chi connectivity index (χ0) is 17.6. The first-order chi connectivity index (χ1) is 10.7. The second-order valence-electron chi connectivity index (χ2n) is 5.36. The van der Waals surface area contributed by atoms with Gasteiger partial charge in [0, 0.05) is 12.0 Å². The van der Waals surface area contributed by atoms with Crippen LogP contribution in [0.25, 0.3) is 0 Å². The number of carbonyl (C=O) groups is 3. The van der Waals surface area contributed by atoms with Gasteiger partial charge in [0.25, 0.3) is 5.91 Å². The molecule has 0 aliphatic heterocycles. The summed E-state index contributed by atoms with van der Waals surface area (Å²) < 4.78 is 26.4. The molecule has 1 atom stereocenters. The number of hydrogen-bond donors (Lipinski definition) is 3. The summed E-state index contributed by atoms with van der Waals surface area (Å²) in [7, 11) is 0. The van der Waals surface area contributed by atoms with Crippen molar-refractivity contribution in [2.24, 2.45) is 5.92 Å². The molecule has 0 heterocycles. The minimum Gasteiger partial charge on any atom is -0.480 e. The Hall–Kier alpha value is -2.51. The number of hydrogen-bond acceptors (Lipinski definition) is 3. The van der Waals surface area contributed by atoms with E-state index < -0.39 is 30.4 Å². The van der Waals surface area contributed by atoms with Crippen LogP contribution >= 0.6 is 0 Å². The van der Waals surface area contributed by atoms with Crippen molar-refractivity contribution in [1.29, 1.82) is 0 Å². The van der Waals surface area contributed by atoms with Gasteiger partial charge in [0.1, 0.15) is 12.5 Å². The number of nitrogens with one attached hydrogen (secondary N) is 2. The van der Waals surface area contributed by atoms with E-state index in [-0.39, 0.29) is 29.5 Å². The Bertz CT molecular complexity index is 605. The lowest BCUT2D eigenvalue weighted by Crippen LogP contribution is -2.42. The average Bonchev–Trinajstić information content (AvgIpc) is 2.45. The fraction of sp³-hybridized carbons (Fsp3) is 0.400. The molecule has 2 amide bonds. The van der Waals surface area contributed by atoms with Crippen LogP contribution in [-0.4, -0.2) is 35.6 Å². The summed E-state index contributed by atoms with van der Waals surface area (Å²) in [5.41, 5.74) is -0.267. The topological polar surface area (TPSA) is 95.5 Å². The van der Waals surface area contributed by atoms with E-state index >= 15 is 0 Å². The van der Waals surface area contributed by atoms with Gasteiger partial charge in [0.2, 0.25) is 5.91 Å². The van der Waals surface area contributed by atoms with Gasteiger partial charge in [-0.15, -0.1) is 0 Å². The second kappa shape index (κ2) is 8.21. The molecule has 0 saturated carbocycles. The molecule has 0 saturated heterocycles. The molecule has 8 heteroatoms. The van der Waals surface area contributed by atoms with E-state index in [1.54, 1.807) is 0 Å². The lowest BCUT2D eigenvalue weighted by Gasteiger charge is -2.12. The van der Waals surface area contributed by atoms with Crippen molar-refractivity contribution in [3.8, 4) is 0 Å². The van der Waals surface area contributed by atoms with Crippen molar-refractivity contribution < 1.29 is 28.3 Å². The lowest BCUT2D eigenvalue weighted by atomic mass is 10.1. The van der Waals surface area contributed by atoms with Crippen LogP contribution in [0.3, 0.4) is 0 Å². The third-order valence-electron chi connectivity index (χ3n) is 2.86. The second-order valence-corrected chi connectivity index (χ2v) is 5.36. The molecule has 0 aliphatic rings. The van der Waals surface area contributed by atoms with Crippen LogP contribution < -0.4 is 10.6 Å². The molecule has 0 aromatic heterocycles. The first-order valence-electron chi connectivity index (χ1n) is 6.93. The molecule has 6 nitrogen and oxygen atoms in total. The SMILES string of the molecule is CC(C)CC(=O)Nc1ccc(C(=O)NC(CF)C(=O)O)cc1F. The molecular weight excluding hydrogens is 310 g/mol. The predicted molar refractivity (Wildman–Crippen MR) is 79.3 cm³/mol. The van der Waals surface area contributed by atoms with Crippen molar-refractivity contribution in [2.75, 3.05) is 12.0 Å². The van der Waals surface area contributed by atoms with E-state index in [1.807, 2.05) is 19.2 Å². The van der Waals surface area contributed by atoms with E-state index in [1.165, 1.54) is 12.1 Å². The molecule has 126 valence electrons. The van der Waals surface area contributed by atoms with Crippen LogP contribution in [0, 0.1) is 11.7 Å². The molecule has 1 unspecified atom stereocenters. The molecule has 0 spiro atoms. The van der Waals surface area contributed by atoms with Crippen LogP contribution in [0.5, 0.6) is 0 Å². The summed E-state index contributed by atoms with van der Waals surface area (Å²) in [6, 6.07) is 1.54. The molecule has 0 bridgehead atoms. The third-order valence-corrected chi connectivity index (χ3v) is 2.86. The summed E-state index contributed by atoms with van der Waals surface area (Å²) in [5.74, 6) is -3.55. The highest BCUT2D eigenvalue weighted by Gasteiger charge is 2.21. The molecule has 0 aliphatic carbocycles. The Kier molecular flexibility index (Phi) is 6.62. The highest BCUT2D eigenvalue weighted by molar-refractivity contribution is 5.97. The number of halogens is 2. The largest absolute Gasteiger partial charge is 0.480 e. The molecule has 0 radical (unpaired) electrons. The predicted octanol–water partition coefficient (Wildman–Crippen LogP) is 1.96. The number of amides is 2. The van der Waals surface area contributed by atoms with E-state index in [2.05, 4.69) is 5.32 Å². The normalized spacial score (nSPS) is 11.9. The van der Waals surface area contributed by atoms with Crippen molar-refractivity contribution in [3.05, 3.63) is 29.6 Å². The maximum absolute atomic E-state index is 13.9. The standard InChI is InChI=1S/C15H18F2N2O4/c1-8(2)5-13(20)18-11-4-3-9(6-10(11)17)14(21)19-12(7-16)15(22)23/h3-4,6,8,12H,5,7H2,1-2H3,(H,18,20)(H,19,21)(H,22,23). The van der Waals surface area contributed by atoms with Crippen molar-refractivity contribution in [1.82, 2.24) is 5.32 Å². The Morgan fingerprint density at radius 3 is 2.39 bits per heavy atom. The van der Waals surface area contributed by atoms with Gasteiger partial charge in [-0.25, -0.2) is 13.6 Å². The Morgan fingerprint density at radius 1 is 1.26 bits per heavy atom. The molecular formula is C15H18F2N2O4. The first kappa shape index (κ1) is 18.5. The number of carboxylic acids is 1. The maximum Gasteiger partial charge on any atom is 0.328 e. The zero-order valence-corrected chi connectivity index (χ0v) is 12.7. The van der Waals surface area contributed by atoms with Crippen LogP contribution in [0.4, 0.5) is 14.5 Å².